The molecule has 26 heavy (non-hydrogen) atoms. The molecule has 2 aliphatic rings. The van der Waals surface area contributed by atoms with Crippen LogP contribution in [0, 0.1) is 0 Å². The molecule has 2 aromatic rings. The van der Waals surface area contributed by atoms with E-state index in [1.807, 2.05) is 24.3 Å². The standard InChI is InChI=1S/C19H16BrN3O3/c1-22-15-10-23(13-3-2-4-14(24)9-13)18(25)16(15)17(21-19(22)26)11-5-7-12(20)8-6-11/h2-9,17,24H,10H2,1H3,(H,21,26). The van der Waals surface area contributed by atoms with Gasteiger partial charge in [0.2, 0.25) is 0 Å². The van der Waals surface area contributed by atoms with Crippen molar-refractivity contribution in [1.82, 2.24) is 10.2 Å². The van der Waals surface area contributed by atoms with Crippen LogP contribution in [0.3, 0.4) is 0 Å². The van der Waals surface area contributed by atoms with Crippen molar-refractivity contribution in [3.05, 3.63) is 69.8 Å². The highest BCUT2D eigenvalue weighted by Gasteiger charge is 2.43. The van der Waals surface area contributed by atoms with Crippen LogP contribution in [0.2, 0.25) is 0 Å². The van der Waals surface area contributed by atoms with Gasteiger partial charge in [0.25, 0.3) is 5.91 Å². The van der Waals surface area contributed by atoms with Gasteiger partial charge < -0.3 is 15.3 Å². The number of carbonyl (C=O) groups is 2. The average Bonchev–Trinajstić information content (AvgIpc) is 2.97. The van der Waals surface area contributed by atoms with Gasteiger partial charge in [0, 0.05) is 23.3 Å². The summed E-state index contributed by atoms with van der Waals surface area (Å²) < 4.78 is 0.925. The van der Waals surface area contributed by atoms with E-state index in [0.717, 1.165) is 10.0 Å². The summed E-state index contributed by atoms with van der Waals surface area (Å²) in [5.74, 6) is -0.0856. The van der Waals surface area contributed by atoms with Gasteiger partial charge in [-0.1, -0.05) is 34.1 Å². The molecule has 1 atom stereocenters. The van der Waals surface area contributed by atoms with E-state index < -0.39 is 6.04 Å². The zero-order valence-electron chi connectivity index (χ0n) is 13.9. The molecule has 2 heterocycles. The van der Waals surface area contributed by atoms with Crippen molar-refractivity contribution in [1.29, 1.82) is 0 Å². The number of hydrogen-bond donors (Lipinski definition) is 2. The number of nitrogens with zero attached hydrogens (tertiary/aromatic N) is 2. The first-order chi connectivity index (χ1) is 12.5. The van der Waals surface area contributed by atoms with Gasteiger partial charge in [-0.3, -0.25) is 9.69 Å². The minimum absolute atomic E-state index is 0.0900. The number of phenols is 1. The SMILES string of the molecule is CN1C(=O)NC(c2ccc(Br)cc2)C2=C1CN(c1cccc(O)c1)C2=O. The fourth-order valence-corrected chi connectivity index (χ4v) is 3.61. The van der Waals surface area contributed by atoms with Crippen molar-refractivity contribution in [3.8, 4) is 5.75 Å². The molecule has 4 rings (SSSR count). The first kappa shape index (κ1) is 16.7. The molecule has 132 valence electrons. The number of carbonyl (C=O) groups excluding carboxylic acids is 2. The number of rotatable bonds is 2. The lowest BCUT2D eigenvalue weighted by Crippen LogP contribution is -2.45. The number of benzene rings is 2. The van der Waals surface area contributed by atoms with Crippen LogP contribution in [0.1, 0.15) is 11.6 Å². The van der Waals surface area contributed by atoms with Gasteiger partial charge in [0.15, 0.2) is 0 Å². The van der Waals surface area contributed by atoms with Crippen LogP contribution < -0.4 is 10.2 Å². The predicted octanol–water partition coefficient (Wildman–Crippen LogP) is 3.15. The molecule has 0 fully saturated rings. The maximum Gasteiger partial charge on any atom is 0.322 e. The number of anilines is 1. The minimum Gasteiger partial charge on any atom is -0.508 e. The molecule has 0 saturated heterocycles. The predicted molar refractivity (Wildman–Crippen MR) is 101 cm³/mol. The van der Waals surface area contributed by atoms with Crippen molar-refractivity contribution in [2.45, 2.75) is 6.04 Å². The Labute approximate surface area is 158 Å². The molecular formula is C19H16BrN3O3. The van der Waals surface area contributed by atoms with E-state index in [0.29, 0.717) is 17.0 Å². The summed E-state index contributed by atoms with van der Waals surface area (Å²) in [6.07, 6.45) is 0. The van der Waals surface area contributed by atoms with Crippen LogP contribution in [0.4, 0.5) is 10.5 Å². The maximum absolute atomic E-state index is 13.2. The fraction of sp³-hybridized carbons (Fsp3) is 0.158. The molecule has 0 saturated carbocycles. The molecule has 7 heteroatoms. The number of halogens is 1. The summed E-state index contributed by atoms with van der Waals surface area (Å²) in [6, 6.07) is 13.3. The Hall–Kier alpha value is -2.80. The summed E-state index contributed by atoms with van der Waals surface area (Å²) in [5, 5.41) is 12.6. The second kappa shape index (κ2) is 6.17. The Morgan fingerprint density at radius 3 is 2.58 bits per heavy atom. The second-order valence-corrected chi connectivity index (χ2v) is 7.18. The first-order valence-electron chi connectivity index (χ1n) is 8.09. The van der Waals surface area contributed by atoms with Crippen LogP contribution in [0.15, 0.2) is 64.3 Å². The lowest BCUT2D eigenvalue weighted by atomic mass is 9.96. The van der Waals surface area contributed by atoms with Crippen LogP contribution in [-0.2, 0) is 4.79 Å². The van der Waals surface area contributed by atoms with Gasteiger partial charge in [-0.25, -0.2) is 4.79 Å². The Balaban J connectivity index is 1.76. The van der Waals surface area contributed by atoms with Crippen molar-refractivity contribution in [3.63, 3.8) is 0 Å². The molecule has 3 amide bonds. The number of nitrogens with one attached hydrogen (secondary N) is 1. The Morgan fingerprint density at radius 1 is 1.15 bits per heavy atom. The van der Waals surface area contributed by atoms with Gasteiger partial charge in [-0.2, -0.15) is 0 Å². The molecule has 1 unspecified atom stereocenters. The molecule has 2 aliphatic heterocycles. The molecule has 0 bridgehead atoms. The average molecular weight is 414 g/mol. The number of urea groups is 1. The van der Waals surface area contributed by atoms with Crippen molar-refractivity contribution < 1.29 is 14.7 Å². The maximum atomic E-state index is 13.2. The quantitative estimate of drug-likeness (QED) is 0.793. The molecule has 2 aromatic carbocycles. The van der Waals surface area contributed by atoms with Gasteiger partial charge in [0.1, 0.15) is 5.75 Å². The normalized spacial score (nSPS) is 19.7. The third-order valence-corrected chi connectivity index (χ3v) is 5.23. The molecule has 0 radical (unpaired) electrons. The minimum atomic E-state index is -0.503. The second-order valence-electron chi connectivity index (χ2n) is 6.26. The largest absolute Gasteiger partial charge is 0.508 e. The zero-order valence-corrected chi connectivity index (χ0v) is 15.5. The van der Waals surface area contributed by atoms with E-state index in [-0.39, 0.29) is 24.2 Å². The third kappa shape index (κ3) is 2.64. The number of hydrogen-bond acceptors (Lipinski definition) is 3. The van der Waals surface area contributed by atoms with E-state index in [4.69, 9.17) is 0 Å². The lowest BCUT2D eigenvalue weighted by molar-refractivity contribution is -0.114. The third-order valence-electron chi connectivity index (χ3n) is 4.71. The van der Waals surface area contributed by atoms with Gasteiger partial charge in [-0.05, 0) is 29.8 Å². The van der Waals surface area contributed by atoms with E-state index in [1.165, 1.54) is 4.90 Å². The summed E-state index contributed by atoms with van der Waals surface area (Å²) in [7, 11) is 1.65. The number of likely N-dealkylation sites (N-methyl/N-ethyl adjacent to an activating group) is 1. The summed E-state index contributed by atoms with van der Waals surface area (Å²) in [4.78, 5) is 28.6. The highest BCUT2D eigenvalue weighted by molar-refractivity contribution is 9.10. The topological polar surface area (TPSA) is 72.9 Å². The van der Waals surface area contributed by atoms with Gasteiger partial charge in [-0.15, -0.1) is 0 Å². The molecule has 0 spiro atoms. The van der Waals surface area contributed by atoms with E-state index in [9.17, 15) is 14.7 Å². The van der Waals surface area contributed by atoms with Crippen LogP contribution in [-0.4, -0.2) is 35.5 Å². The number of phenolic OH excluding ortho intramolecular Hbond substituents is 1. The van der Waals surface area contributed by atoms with E-state index >= 15 is 0 Å². The smallest absolute Gasteiger partial charge is 0.322 e. The Morgan fingerprint density at radius 2 is 1.88 bits per heavy atom. The molecular weight excluding hydrogens is 398 g/mol. The van der Waals surface area contributed by atoms with Crippen molar-refractivity contribution in [2.24, 2.45) is 0 Å². The summed E-state index contributed by atoms with van der Waals surface area (Å²) in [6.45, 7) is 0.286. The Bertz CT molecular complexity index is 939. The monoisotopic (exact) mass is 413 g/mol. The van der Waals surface area contributed by atoms with Crippen molar-refractivity contribution in [2.75, 3.05) is 18.5 Å². The fourth-order valence-electron chi connectivity index (χ4n) is 3.34. The highest BCUT2D eigenvalue weighted by atomic mass is 79.9. The van der Waals surface area contributed by atoms with E-state index in [2.05, 4.69) is 21.2 Å². The summed E-state index contributed by atoms with van der Waals surface area (Å²) >= 11 is 3.40. The number of aromatic hydroxyl groups is 1. The molecule has 6 nitrogen and oxygen atoms in total. The van der Waals surface area contributed by atoms with Crippen LogP contribution >= 0.6 is 15.9 Å². The number of amides is 3. The zero-order chi connectivity index (χ0) is 18.4. The van der Waals surface area contributed by atoms with E-state index in [1.54, 1.807) is 36.2 Å². The molecule has 2 N–H and O–H groups in total. The Kier molecular flexibility index (Phi) is 3.96. The van der Waals surface area contributed by atoms with Crippen LogP contribution in [0.5, 0.6) is 5.75 Å². The summed E-state index contributed by atoms with van der Waals surface area (Å²) in [5.41, 5.74) is 2.67. The van der Waals surface area contributed by atoms with Gasteiger partial charge in [0.05, 0.1) is 23.9 Å². The molecule has 0 aromatic heterocycles. The highest BCUT2D eigenvalue weighted by Crippen LogP contribution is 2.38. The van der Waals surface area contributed by atoms with Crippen molar-refractivity contribution >= 4 is 33.6 Å². The first-order valence-corrected chi connectivity index (χ1v) is 8.88. The van der Waals surface area contributed by atoms with Gasteiger partial charge >= 0.3 is 6.03 Å². The van der Waals surface area contributed by atoms with Crippen LogP contribution in [0.25, 0.3) is 0 Å². The lowest BCUT2D eigenvalue weighted by Gasteiger charge is -2.31. The molecule has 0 aliphatic carbocycles.